The van der Waals surface area contributed by atoms with Gasteiger partial charge in [-0.05, 0) is 50.6 Å². The van der Waals surface area contributed by atoms with Crippen LogP contribution in [0.4, 0.5) is 10.1 Å². The van der Waals surface area contributed by atoms with Crippen LogP contribution in [0.5, 0.6) is 0 Å². The first kappa shape index (κ1) is 21.6. The lowest BCUT2D eigenvalue weighted by Crippen LogP contribution is -2.53. The first-order chi connectivity index (χ1) is 12.9. The van der Waals surface area contributed by atoms with Gasteiger partial charge in [-0.15, -0.1) is 0 Å². The topological polar surface area (TPSA) is 109 Å². The quantitative estimate of drug-likeness (QED) is 0.671. The number of carbonyl (C=O) groups is 2. The molecular formula is C18H23FN4O4S. The van der Waals surface area contributed by atoms with Crippen molar-refractivity contribution in [2.45, 2.75) is 31.2 Å². The Bertz CT molecular complexity index is 1030. The van der Waals surface area contributed by atoms with Gasteiger partial charge in [-0.2, -0.15) is 4.72 Å². The number of rotatable bonds is 6. The Balaban J connectivity index is 2.27. The SMILES string of the molecule is CNC(=O)C(C)(C)NS(=O)(=O)c1cc(C(=O)Nc2ccc(F)c(C)c2)n(C)c1. The molecule has 3 N–H and O–H groups in total. The van der Waals surface area contributed by atoms with Gasteiger partial charge < -0.3 is 15.2 Å². The Morgan fingerprint density at radius 2 is 1.82 bits per heavy atom. The molecule has 1 aromatic heterocycles. The van der Waals surface area contributed by atoms with Crippen LogP contribution in [0.1, 0.15) is 29.9 Å². The maximum atomic E-state index is 13.4. The molecule has 0 unspecified atom stereocenters. The molecule has 0 spiro atoms. The highest BCUT2D eigenvalue weighted by Gasteiger charge is 2.33. The number of anilines is 1. The van der Waals surface area contributed by atoms with E-state index in [1.54, 1.807) is 6.92 Å². The van der Waals surface area contributed by atoms with E-state index in [1.165, 1.54) is 63.0 Å². The average Bonchev–Trinajstić information content (AvgIpc) is 2.99. The smallest absolute Gasteiger partial charge is 0.272 e. The summed E-state index contributed by atoms with van der Waals surface area (Å²) in [5, 5.41) is 4.99. The lowest BCUT2D eigenvalue weighted by atomic mass is 10.1. The predicted molar refractivity (Wildman–Crippen MR) is 103 cm³/mol. The van der Waals surface area contributed by atoms with Crippen LogP contribution in [-0.4, -0.2) is 37.4 Å². The van der Waals surface area contributed by atoms with Crippen molar-refractivity contribution in [3.8, 4) is 0 Å². The molecular weight excluding hydrogens is 387 g/mol. The third-order valence-electron chi connectivity index (χ3n) is 4.12. The molecule has 28 heavy (non-hydrogen) atoms. The number of aryl methyl sites for hydroxylation is 2. The number of nitrogens with one attached hydrogen (secondary N) is 3. The summed E-state index contributed by atoms with van der Waals surface area (Å²) < 4.78 is 42.3. The van der Waals surface area contributed by atoms with Gasteiger partial charge in [0.25, 0.3) is 5.91 Å². The van der Waals surface area contributed by atoms with E-state index in [0.29, 0.717) is 11.3 Å². The van der Waals surface area contributed by atoms with Gasteiger partial charge in [0, 0.05) is 26.0 Å². The number of likely N-dealkylation sites (N-methyl/N-ethyl adjacent to an activating group) is 1. The Kier molecular flexibility index (Phi) is 5.95. The van der Waals surface area contributed by atoms with Gasteiger partial charge in [0.15, 0.2) is 0 Å². The summed E-state index contributed by atoms with van der Waals surface area (Å²) in [7, 11) is -1.13. The second kappa shape index (κ2) is 7.72. The van der Waals surface area contributed by atoms with E-state index in [-0.39, 0.29) is 10.6 Å². The lowest BCUT2D eigenvalue weighted by molar-refractivity contribution is -0.125. The molecule has 2 amide bonds. The zero-order chi connectivity index (χ0) is 21.3. The molecule has 0 fully saturated rings. The van der Waals surface area contributed by atoms with Gasteiger partial charge in [0.2, 0.25) is 15.9 Å². The van der Waals surface area contributed by atoms with Crippen molar-refractivity contribution in [2.24, 2.45) is 7.05 Å². The molecule has 0 saturated carbocycles. The summed E-state index contributed by atoms with van der Waals surface area (Å²) in [5.74, 6) is -1.45. The molecule has 0 aliphatic rings. The Morgan fingerprint density at radius 3 is 2.39 bits per heavy atom. The van der Waals surface area contributed by atoms with Gasteiger partial charge in [-0.3, -0.25) is 9.59 Å². The minimum absolute atomic E-state index is 0.0834. The highest BCUT2D eigenvalue weighted by molar-refractivity contribution is 7.89. The van der Waals surface area contributed by atoms with Crippen molar-refractivity contribution in [2.75, 3.05) is 12.4 Å². The summed E-state index contributed by atoms with van der Waals surface area (Å²) in [5.41, 5.74) is -0.542. The fourth-order valence-corrected chi connectivity index (χ4v) is 4.02. The standard InChI is InChI=1S/C18H23FN4O4S/c1-11-8-12(6-7-14(11)19)21-16(24)15-9-13(10-23(15)5)28(26,27)22-18(2,3)17(25)20-4/h6-10,22H,1-5H3,(H,20,25)(H,21,24). The first-order valence-electron chi connectivity index (χ1n) is 8.37. The number of hydrogen-bond donors (Lipinski definition) is 3. The number of halogens is 1. The maximum absolute atomic E-state index is 13.4. The highest BCUT2D eigenvalue weighted by atomic mass is 32.2. The van der Waals surface area contributed by atoms with Crippen LogP contribution >= 0.6 is 0 Å². The normalized spacial score (nSPS) is 11.9. The molecule has 0 aliphatic heterocycles. The fraction of sp³-hybridized carbons (Fsp3) is 0.333. The van der Waals surface area contributed by atoms with E-state index in [0.717, 1.165) is 0 Å². The van der Waals surface area contributed by atoms with Crippen LogP contribution in [0.2, 0.25) is 0 Å². The second-order valence-electron chi connectivity index (χ2n) is 6.90. The van der Waals surface area contributed by atoms with Crippen LogP contribution in [0, 0.1) is 12.7 Å². The number of nitrogens with zero attached hydrogens (tertiary/aromatic N) is 1. The highest BCUT2D eigenvalue weighted by Crippen LogP contribution is 2.19. The molecule has 2 rings (SSSR count). The Labute approximate surface area is 163 Å². The molecule has 1 heterocycles. The largest absolute Gasteiger partial charge is 0.358 e. The van der Waals surface area contributed by atoms with Crippen molar-refractivity contribution in [1.82, 2.24) is 14.6 Å². The molecule has 0 aliphatic carbocycles. The van der Waals surface area contributed by atoms with Crippen molar-refractivity contribution in [3.63, 3.8) is 0 Å². The third-order valence-corrected chi connectivity index (χ3v) is 5.75. The van der Waals surface area contributed by atoms with Gasteiger partial charge in [-0.25, -0.2) is 12.8 Å². The second-order valence-corrected chi connectivity index (χ2v) is 8.58. The molecule has 0 saturated heterocycles. The van der Waals surface area contributed by atoms with Gasteiger partial charge in [-0.1, -0.05) is 0 Å². The molecule has 0 radical (unpaired) electrons. The van der Waals surface area contributed by atoms with E-state index >= 15 is 0 Å². The van der Waals surface area contributed by atoms with E-state index in [1.807, 2.05) is 0 Å². The van der Waals surface area contributed by atoms with Gasteiger partial charge >= 0.3 is 0 Å². The predicted octanol–water partition coefficient (Wildman–Crippen LogP) is 1.53. The molecule has 2 aromatic rings. The number of amides is 2. The Morgan fingerprint density at radius 1 is 1.18 bits per heavy atom. The van der Waals surface area contributed by atoms with Gasteiger partial charge in [0.1, 0.15) is 21.9 Å². The van der Waals surface area contributed by atoms with E-state index in [2.05, 4.69) is 15.4 Å². The first-order valence-corrected chi connectivity index (χ1v) is 9.86. The Hall–Kier alpha value is -2.72. The zero-order valence-corrected chi connectivity index (χ0v) is 17.1. The number of sulfonamides is 1. The van der Waals surface area contributed by atoms with E-state index in [9.17, 15) is 22.4 Å². The molecule has 0 atom stereocenters. The minimum atomic E-state index is -4.05. The van der Waals surface area contributed by atoms with E-state index < -0.39 is 33.2 Å². The maximum Gasteiger partial charge on any atom is 0.272 e. The van der Waals surface area contributed by atoms with Crippen molar-refractivity contribution >= 4 is 27.5 Å². The molecule has 152 valence electrons. The van der Waals surface area contributed by atoms with Gasteiger partial charge in [0.05, 0.1) is 0 Å². The van der Waals surface area contributed by atoms with Crippen LogP contribution in [-0.2, 0) is 21.9 Å². The van der Waals surface area contributed by atoms with Crippen LogP contribution < -0.4 is 15.4 Å². The zero-order valence-electron chi connectivity index (χ0n) is 16.3. The summed E-state index contributed by atoms with van der Waals surface area (Å²) in [6, 6.07) is 5.32. The molecule has 10 heteroatoms. The van der Waals surface area contributed by atoms with Crippen LogP contribution in [0.15, 0.2) is 35.4 Å². The number of benzene rings is 1. The third kappa shape index (κ3) is 4.57. The number of carbonyl (C=O) groups excluding carboxylic acids is 2. The van der Waals surface area contributed by atoms with Crippen LogP contribution in [0.25, 0.3) is 0 Å². The number of aromatic nitrogens is 1. The van der Waals surface area contributed by atoms with Crippen molar-refractivity contribution in [1.29, 1.82) is 0 Å². The van der Waals surface area contributed by atoms with Crippen LogP contribution in [0.3, 0.4) is 0 Å². The molecule has 0 bridgehead atoms. The summed E-state index contributed by atoms with van der Waals surface area (Å²) >= 11 is 0. The fourth-order valence-electron chi connectivity index (χ4n) is 2.58. The monoisotopic (exact) mass is 410 g/mol. The summed E-state index contributed by atoms with van der Waals surface area (Å²) in [6.45, 7) is 4.42. The van der Waals surface area contributed by atoms with Crippen molar-refractivity contribution in [3.05, 3.63) is 47.5 Å². The van der Waals surface area contributed by atoms with E-state index in [4.69, 9.17) is 0 Å². The average molecular weight is 410 g/mol. The lowest BCUT2D eigenvalue weighted by Gasteiger charge is -2.23. The van der Waals surface area contributed by atoms with Crippen molar-refractivity contribution < 1.29 is 22.4 Å². The summed E-state index contributed by atoms with van der Waals surface area (Å²) in [6.07, 6.45) is 1.27. The molecule has 8 nitrogen and oxygen atoms in total. The number of hydrogen-bond acceptors (Lipinski definition) is 4. The molecule has 1 aromatic carbocycles. The minimum Gasteiger partial charge on any atom is -0.358 e. The summed E-state index contributed by atoms with van der Waals surface area (Å²) in [4.78, 5) is 24.2.